The SMILES string of the molecule is CCCCN(C(=O)c1nc[nH]c1C(=O)O)C1CC1. The van der Waals surface area contributed by atoms with E-state index in [0.29, 0.717) is 6.54 Å². The molecule has 2 rings (SSSR count). The molecule has 0 unspecified atom stereocenters. The smallest absolute Gasteiger partial charge is 0.354 e. The Hall–Kier alpha value is -1.85. The van der Waals surface area contributed by atoms with Crippen LogP contribution in [0.5, 0.6) is 0 Å². The van der Waals surface area contributed by atoms with Crippen molar-refractivity contribution in [1.82, 2.24) is 14.9 Å². The highest BCUT2D eigenvalue weighted by Crippen LogP contribution is 2.28. The molecule has 0 spiro atoms. The molecule has 0 atom stereocenters. The van der Waals surface area contributed by atoms with Gasteiger partial charge < -0.3 is 15.0 Å². The van der Waals surface area contributed by atoms with Gasteiger partial charge in [-0.15, -0.1) is 0 Å². The summed E-state index contributed by atoms with van der Waals surface area (Å²) in [6.07, 6.45) is 5.18. The van der Waals surface area contributed by atoms with E-state index in [1.807, 2.05) is 0 Å². The predicted molar refractivity (Wildman–Crippen MR) is 64.5 cm³/mol. The number of aromatic amines is 1. The molecule has 0 aromatic carbocycles. The molecule has 0 aliphatic heterocycles. The Balaban J connectivity index is 2.16. The number of hydrogen-bond donors (Lipinski definition) is 2. The van der Waals surface area contributed by atoms with Gasteiger partial charge in [-0.3, -0.25) is 4.79 Å². The van der Waals surface area contributed by atoms with Crippen LogP contribution in [0.3, 0.4) is 0 Å². The zero-order valence-corrected chi connectivity index (χ0v) is 10.3. The average molecular weight is 251 g/mol. The normalized spacial score (nSPS) is 14.5. The molecule has 2 N–H and O–H groups in total. The van der Waals surface area contributed by atoms with E-state index in [0.717, 1.165) is 25.7 Å². The number of carbonyl (C=O) groups excluding carboxylic acids is 1. The average Bonchev–Trinajstić information content (AvgIpc) is 3.05. The first-order valence-electron chi connectivity index (χ1n) is 6.22. The molecule has 1 heterocycles. The van der Waals surface area contributed by atoms with Gasteiger partial charge >= 0.3 is 5.97 Å². The lowest BCUT2D eigenvalue weighted by Gasteiger charge is -2.21. The van der Waals surface area contributed by atoms with E-state index in [1.54, 1.807) is 4.90 Å². The van der Waals surface area contributed by atoms with Gasteiger partial charge in [-0.2, -0.15) is 0 Å². The summed E-state index contributed by atoms with van der Waals surface area (Å²) in [6, 6.07) is 0.266. The third kappa shape index (κ3) is 2.52. The minimum absolute atomic E-state index is 0.0190. The molecule has 1 aliphatic rings. The lowest BCUT2D eigenvalue weighted by Crippen LogP contribution is -2.35. The highest BCUT2D eigenvalue weighted by Gasteiger charge is 2.35. The zero-order valence-electron chi connectivity index (χ0n) is 10.3. The summed E-state index contributed by atoms with van der Waals surface area (Å²) in [6.45, 7) is 2.73. The summed E-state index contributed by atoms with van der Waals surface area (Å²) in [5, 5.41) is 8.97. The third-order valence-electron chi connectivity index (χ3n) is 3.06. The second-order valence-electron chi connectivity index (χ2n) is 4.51. The monoisotopic (exact) mass is 251 g/mol. The quantitative estimate of drug-likeness (QED) is 0.802. The molecule has 0 saturated heterocycles. The van der Waals surface area contributed by atoms with E-state index in [1.165, 1.54) is 6.33 Å². The van der Waals surface area contributed by atoms with Crippen LogP contribution in [-0.4, -0.2) is 44.4 Å². The number of amides is 1. The molecule has 0 radical (unpaired) electrons. The number of rotatable bonds is 6. The number of aromatic nitrogens is 2. The minimum atomic E-state index is -1.15. The van der Waals surface area contributed by atoms with Crippen molar-refractivity contribution < 1.29 is 14.7 Å². The fourth-order valence-electron chi connectivity index (χ4n) is 1.92. The van der Waals surface area contributed by atoms with Crippen molar-refractivity contribution in [2.24, 2.45) is 0 Å². The van der Waals surface area contributed by atoms with Gasteiger partial charge in [0.05, 0.1) is 6.33 Å². The molecular weight excluding hydrogens is 234 g/mol. The largest absolute Gasteiger partial charge is 0.477 e. The van der Waals surface area contributed by atoms with Crippen LogP contribution in [0.4, 0.5) is 0 Å². The van der Waals surface area contributed by atoms with Gasteiger partial charge in [0.15, 0.2) is 11.4 Å². The molecule has 6 nitrogen and oxygen atoms in total. The van der Waals surface area contributed by atoms with E-state index in [9.17, 15) is 9.59 Å². The third-order valence-corrected chi connectivity index (χ3v) is 3.06. The van der Waals surface area contributed by atoms with Crippen LogP contribution in [0.15, 0.2) is 6.33 Å². The number of imidazole rings is 1. The van der Waals surface area contributed by atoms with Crippen molar-refractivity contribution in [3.05, 3.63) is 17.7 Å². The lowest BCUT2D eigenvalue weighted by atomic mass is 10.2. The van der Waals surface area contributed by atoms with Gasteiger partial charge in [-0.1, -0.05) is 13.3 Å². The number of H-pyrrole nitrogens is 1. The lowest BCUT2D eigenvalue weighted by molar-refractivity contribution is 0.0664. The first kappa shape index (κ1) is 12.6. The van der Waals surface area contributed by atoms with Crippen molar-refractivity contribution in [2.75, 3.05) is 6.54 Å². The predicted octanol–water partition coefficient (Wildman–Crippen LogP) is 1.51. The van der Waals surface area contributed by atoms with Crippen LogP contribution in [0.1, 0.15) is 53.6 Å². The van der Waals surface area contributed by atoms with E-state index in [-0.39, 0.29) is 23.3 Å². The molecule has 98 valence electrons. The number of aromatic carboxylic acids is 1. The number of carbonyl (C=O) groups is 2. The van der Waals surface area contributed by atoms with Crippen molar-refractivity contribution in [3.63, 3.8) is 0 Å². The topological polar surface area (TPSA) is 86.3 Å². The van der Waals surface area contributed by atoms with Crippen LogP contribution in [0.2, 0.25) is 0 Å². The standard InChI is InChI=1S/C12H17N3O3/c1-2-3-6-15(8-4-5-8)11(16)9-10(12(17)18)14-7-13-9/h7-8H,2-6H2,1H3,(H,13,14)(H,17,18). The summed E-state index contributed by atoms with van der Waals surface area (Å²) in [4.78, 5) is 31.4. The number of carboxylic acids is 1. The summed E-state index contributed by atoms with van der Waals surface area (Å²) in [7, 11) is 0. The van der Waals surface area contributed by atoms with Crippen molar-refractivity contribution in [2.45, 2.75) is 38.6 Å². The summed E-state index contributed by atoms with van der Waals surface area (Å²) in [5.74, 6) is -1.42. The highest BCUT2D eigenvalue weighted by molar-refractivity contribution is 6.02. The Labute approximate surface area is 105 Å². The Morgan fingerprint density at radius 1 is 1.56 bits per heavy atom. The van der Waals surface area contributed by atoms with E-state index < -0.39 is 5.97 Å². The molecule has 1 fully saturated rings. The van der Waals surface area contributed by atoms with Gasteiger partial charge in [-0.05, 0) is 19.3 Å². The van der Waals surface area contributed by atoms with Gasteiger partial charge in [0.2, 0.25) is 0 Å². The maximum Gasteiger partial charge on any atom is 0.354 e. The molecule has 1 saturated carbocycles. The highest BCUT2D eigenvalue weighted by atomic mass is 16.4. The van der Waals surface area contributed by atoms with Crippen LogP contribution in [-0.2, 0) is 0 Å². The summed E-state index contributed by atoms with van der Waals surface area (Å²) in [5.41, 5.74) is -0.104. The molecular formula is C12H17N3O3. The number of carboxylic acid groups (broad SMARTS) is 1. The first-order valence-corrected chi connectivity index (χ1v) is 6.22. The first-order chi connectivity index (χ1) is 8.65. The maximum atomic E-state index is 12.3. The van der Waals surface area contributed by atoms with Gasteiger partial charge in [0.25, 0.3) is 5.91 Å². The van der Waals surface area contributed by atoms with Crippen LogP contribution in [0.25, 0.3) is 0 Å². The van der Waals surface area contributed by atoms with E-state index in [4.69, 9.17) is 5.11 Å². The Morgan fingerprint density at radius 3 is 2.83 bits per heavy atom. The minimum Gasteiger partial charge on any atom is -0.477 e. The molecule has 18 heavy (non-hydrogen) atoms. The molecule has 0 bridgehead atoms. The maximum absolute atomic E-state index is 12.3. The van der Waals surface area contributed by atoms with Crippen molar-refractivity contribution in [3.8, 4) is 0 Å². The molecule has 1 aliphatic carbocycles. The second-order valence-corrected chi connectivity index (χ2v) is 4.51. The van der Waals surface area contributed by atoms with E-state index in [2.05, 4.69) is 16.9 Å². The summed E-state index contributed by atoms with van der Waals surface area (Å²) < 4.78 is 0. The Kier molecular flexibility index (Phi) is 3.64. The van der Waals surface area contributed by atoms with Gasteiger partial charge in [-0.25, -0.2) is 9.78 Å². The van der Waals surface area contributed by atoms with E-state index >= 15 is 0 Å². The Bertz CT molecular complexity index is 451. The van der Waals surface area contributed by atoms with Gasteiger partial charge in [0.1, 0.15) is 0 Å². The number of nitrogens with one attached hydrogen (secondary N) is 1. The fourth-order valence-corrected chi connectivity index (χ4v) is 1.92. The fraction of sp³-hybridized carbons (Fsp3) is 0.583. The Morgan fingerprint density at radius 2 is 2.28 bits per heavy atom. The second kappa shape index (κ2) is 5.20. The van der Waals surface area contributed by atoms with Crippen LogP contribution >= 0.6 is 0 Å². The molecule has 6 heteroatoms. The molecule has 1 amide bonds. The summed E-state index contributed by atoms with van der Waals surface area (Å²) >= 11 is 0. The zero-order chi connectivity index (χ0) is 13.1. The van der Waals surface area contributed by atoms with Crippen LogP contribution < -0.4 is 0 Å². The number of unbranched alkanes of at least 4 members (excludes halogenated alkanes) is 1. The molecule has 1 aromatic rings. The molecule has 1 aromatic heterocycles. The number of hydrogen-bond acceptors (Lipinski definition) is 3. The number of nitrogens with zero attached hydrogens (tertiary/aromatic N) is 2. The van der Waals surface area contributed by atoms with Crippen molar-refractivity contribution in [1.29, 1.82) is 0 Å². The van der Waals surface area contributed by atoms with Crippen LogP contribution in [0, 0.1) is 0 Å². The van der Waals surface area contributed by atoms with Gasteiger partial charge in [0, 0.05) is 12.6 Å². The van der Waals surface area contributed by atoms with Crippen molar-refractivity contribution >= 4 is 11.9 Å².